The van der Waals surface area contributed by atoms with Gasteiger partial charge in [0, 0.05) is 11.6 Å². The second-order valence-corrected chi connectivity index (χ2v) is 6.05. The van der Waals surface area contributed by atoms with Crippen molar-refractivity contribution >= 4 is 15.9 Å². The minimum absolute atomic E-state index is 0.126. The van der Waals surface area contributed by atoms with Gasteiger partial charge in [-0.3, -0.25) is 0 Å². The maximum Gasteiger partial charge on any atom is 0.131 e. The van der Waals surface area contributed by atoms with Crippen molar-refractivity contribution in [3.63, 3.8) is 0 Å². The molecule has 0 heterocycles. The second kappa shape index (κ2) is 5.57. The molecular formula is C17H16BrFO. The molecule has 1 aliphatic carbocycles. The Hall–Kier alpha value is -1.35. The Kier molecular flexibility index (Phi) is 3.79. The van der Waals surface area contributed by atoms with E-state index in [-0.39, 0.29) is 10.6 Å². The standard InChI is InChI=1S/C17H16BrFO/c1-20-14-7-8-15(16(19)10-14)17(18)13-6-5-11-3-2-4-12(11)9-13/h5-10,17H,2-4H2,1H3. The molecule has 1 nitrogen and oxygen atoms in total. The summed E-state index contributed by atoms with van der Waals surface area (Å²) in [6.45, 7) is 0. The zero-order valence-electron chi connectivity index (χ0n) is 11.3. The van der Waals surface area contributed by atoms with Crippen LogP contribution in [0.5, 0.6) is 5.75 Å². The van der Waals surface area contributed by atoms with E-state index in [1.54, 1.807) is 19.2 Å². The van der Waals surface area contributed by atoms with E-state index in [9.17, 15) is 4.39 Å². The summed E-state index contributed by atoms with van der Waals surface area (Å²) in [4.78, 5) is -0.126. The van der Waals surface area contributed by atoms with Crippen LogP contribution in [0.2, 0.25) is 0 Å². The maximum atomic E-state index is 14.1. The van der Waals surface area contributed by atoms with Crippen molar-refractivity contribution in [2.75, 3.05) is 7.11 Å². The normalized spacial score (nSPS) is 14.9. The highest BCUT2D eigenvalue weighted by Gasteiger charge is 2.18. The lowest BCUT2D eigenvalue weighted by Crippen LogP contribution is -1.98. The highest BCUT2D eigenvalue weighted by Crippen LogP contribution is 2.35. The first-order valence-electron chi connectivity index (χ1n) is 6.78. The van der Waals surface area contributed by atoms with Gasteiger partial charge in [-0.25, -0.2) is 4.39 Å². The average Bonchev–Trinajstić information content (AvgIpc) is 2.93. The zero-order chi connectivity index (χ0) is 14.1. The fourth-order valence-electron chi connectivity index (χ4n) is 2.77. The first-order valence-corrected chi connectivity index (χ1v) is 7.70. The van der Waals surface area contributed by atoms with Gasteiger partial charge in [0.1, 0.15) is 11.6 Å². The van der Waals surface area contributed by atoms with E-state index in [0.717, 1.165) is 12.0 Å². The SMILES string of the molecule is COc1ccc(C(Br)c2ccc3c(c2)CCC3)c(F)c1. The molecule has 2 aromatic rings. The van der Waals surface area contributed by atoms with Gasteiger partial charge in [0.05, 0.1) is 11.9 Å². The smallest absolute Gasteiger partial charge is 0.131 e. The molecule has 20 heavy (non-hydrogen) atoms. The molecule has 0 spiro atoms. The molecule has 0 aromatic heterocycles. The van der Waals surface area contributed by atoms with Crippen molar-refractivity contribution < 1.29 is 9.13 Å². The number of hydrogen-bond donors (Lipinski definition) is 0. The third kappa shape index (κ3) is 2.47. The van der Waals surface area contributed by atoms with Crippen molar-refractivity contribution in [1.82, 2.24) is 0 Å². The first-order chi connectivity index (χ1) is 9.69. The minimum Gasteiger partial charge on any atom is -0.497 e. The molecule has 0 saturated carbocycles. The van der Waals surface area contributed by atoms with Crippen LogP contribution < -0.4 is 4.74 Å². The molecular weight excluding hydrogens is 319 g/mol. The summed E-state index contributed by atoms with van der Waals surface area (Å²) in [5.74, 6) is 0.298. The number of alkyl halides is 1. The summed E-state index contributed by atoms with van der Waals surface area (Å²) in [6, 6.07) is 11.5. The van der Waals surface area contributed by atoms with Crippen LogP contribution in [0, 0.1) is 5.82 Å². The Morgan fingerprint density at radius 1 is 1.10 bits per heavy atom. The summed E-state index contributed by atoms with van der Waals surface area (Å²) in [5.41, 5.74) is 4.59. The number of fused-ring (bicyclic) bond motifs is 1. The summed E-state index contributed by atoms with van der Waals surface area (Å²) >= 11 is 3.62. The molecule has 3 heteroatoms. The average molecular weight is 335 g/mol. The number of halogens is 2. The van der Waals surface area contributed by atoms with Gasteiger partial charge in [-0.05, 0) is 42.0 Å². The molecule has 0 amide bonds. The minimum atomic E-state index is -0.244. The highest BCUT2D eigenvalue weighted by molar-refractivity contribution is 9.09. The van der Waals surface area contributed by atoms with E-state index in [2.05, 4.69) is 34.1 Å². The summed E-state index contributed by atoms with van der Waals surface area (Å²) in [7, 11) is 1.54. The molecule has 0 saturated heterocycles. The number of ether oxygens (including phenoxy) is 1. The van der Waals surface area contributed by atoms with E-state index in [0.29, 0.717) is 11.3 Å². The van der Waals surface area contributed by atoms with Gasteiger partial charge in [-0.1, -0.05) is 40.2 Å². The van der Waals surface area contributed by atoms with Gasteiger partial charge >= 0.3 is 0 Å². The highest BCUT2D eigenvalue weighted by atomic mass is 79.9. The molecule has 2 aromatic carbocycles. The van der Waals surface area contributed by atoms with E-state index in [4.69, 9.17) is 4.74 Å². The number of rotatable bonds is 3. The number of aryl methyl sites for hydroxylation is 2. The predicted octanol–water partition coefficient (Wildman–Crippen LogP) is 4.81. The van der Waals surface area contributed by atoms with E-state index in [1.165, 1.54) is 30.0 Å². The fraction of sp³-hybridized carbons (Fsp3) is 0.294. The summed E-state index contributed by atoms with van der Waals surface area (Å²) in [6.07, 6.45) is 3.52. The first kappa shape index (κ1) is 13.6. The van der Waals surface area contributed by atoms with Crippen LogP contribution in [-0.4, -0.2) is 7.11 Å². The maximum absolute atomic E-state index is 14.1. The van der Waals surface area contributed by atoms with E-state index in [1.807, 2.05) is 0 Å². The Labute approximate surface area is 126 Å². The zero-order valence-corrected chi connectivity index (χ0v) is 12.9. The topological polar surface area (TPSA) is 9.23 Å². The molecule has 0 N–H and O–H groups in total. The van der Waals surface area contributed by atoms with Crippen LogP contribution in [0.1, 0.15) is 33.5 Å². The van der Waals surface area contributed by atoms with Crippen LogP contribution in [0.3, 0.4) is 0 Å². The Balaban J connectivity index is 1.94. The van der Waals surface area contributed by atoms with Crippen LogP contribution >= 0.6 is 15.9 Å². The fourth-order valence-corrected chi connectivity index (χ4v) is 3.43. The Morgan fingerprint density at radius 2 is 1.90 bits per heavy atom. The number of benzene rings is 2. The molecule has 1 unspecified atom stereocenters. The lowest BCUT2D eigenvalue weighted by atomic mass is 10.00. The van der Waals surface area contributed by atoms with Crippen molar-refractivity contribution in [3.8, 4) is 5.75 Å². The van der Waals surface area contributed by atoms with Gasteiger partial charge in [0.15, 0.2) is 0 Å². The number of hydrogen-bond acceptors (Lipinski definition) is 1. The number of methoxy groups -OCH3 is 1. The third-order valence-electron chi connectivity index (χ3n) is 3.90. The molecule has 1 atom stereocenters. The van der Waals surface area contributed by atoms with Gasteiger partial charge < -0.3 is 4.74 Å². The van der Waals surface area contributed by atoms with Crippen molar-refractivity contribution in [3.05, 3.63) is 64.5 Å². The molecule has 0 bridgehead atoms. The quantitative estimate of drug-likeness (QED) is 0.732. The van der Waals surface area contributed by atoms with Crippen molar-refractivity contribution in [1.29, 1.82) is 0 Å². The lowest BCUT2D eigenvalue weighted by Gasteiger charge is -2.14. The molecule has 104 valence electrons. The van der Waals surface area contributed by atoms with Gasteiger partial charge in [-0.2, -0.15) is 0 Å². The van der Waals surface area contributed by atoms with Crippen molar-refractivity contribution in [2.24, 2.45) is 0 Å². The van der Waals surface area contributed by atoms with Crippen LogP contribution in [0.25, 0.3) is 0 Å². The van der Waals surface area contributed by atoms with Crippen LogP contribution in [-0.2, 0) is 12.8 Å². The molecule has 1 aliphatic rings. The van der Waals surface area contributed by atoms with Crippen LogP contribution in [0.15, 0.2) is 36.4 Å². The molecule has 0 fully saturated rings. The largest absolute Gasteiger partial charge is 0.497 e. The lowest BCUT2D eigenvalue weighted by molar-refractivity contribution is 0.411. The van der Waals surface area contributed by atoms with Gasteiger partial charge in [0.2, 0.25) is 0 Å². The van der Waals surface area contributed by atoms with E-state index >= 15 is 0 Å². The third-order valence-corrected chi connectivity index (χ3v) is 4.92. The molecule has 3 rings (SSSR count). The second-order valence-electron chi connectivity index (χ2n) is 5.13. The van der Waals surface area contributed by atoms with Gasteiger partial charge in [0.25, 0.3) is 0 Å². The van der Waals surface area contributed by atoms with Crippen molar-refractivity contribution in [2.45, 2.75) is 24.1 Å². The monoisotopic (exact) mass is 334 g/mol. The van der Waals surface area contributed by atoms with Gasteiger partial charge in [-0.15, -0.1) is 0 Å². The summed E-state index contributed by atoms with van der Waals surface area (Å²) < 4.78 is 19.2. The predicted molar refractivity (Wildman–Crippen MR) is 82.2 cm³/mol. The van der Waals surface area contributed by atoms with E-state index < -0.39 is 0 Å². The molecule has 0 aliphatic heterocycles. The Morgan fingerprint density at radius 3 is 2.65 bits per heavy atom. The molecule has 0 radical (unpaired) electrons. The van der Waals surface area contributed by atoms with Crippen LogP contribution in [0.4, 0.5) is 4.39 Å². The summed E-state index contributed by atoms with van der Waals surface area (Å²) in [5, 5.41) is 0. The Bertz CT molecular complexity index is 639.